The van der Waals surface area contributed by atoms with Crippen LogP contribution in [0.25, 0.3) is 0 Å². The molecule has 0 aliphatic carbocycles. The Morgan fingerprint density at radius 2 is 2.11 bits per heavy atom. The molecule has 0 saturated heterocycles. The Balaban J connectivity index is 2.72. The highest BCUT2D eigenvalue weighted by molar-refractivity contribution is 7.14. The maximum absolute atomic E-state index is 12.0. The van der Waals surface area contributed by atoms with Crippen molar-refractivity contribution in [2.24, 2.45) is 0 Å². The second-order valence-electron chi connectivity index (χ2n) is 4.55. The number of hydrogen-bond acceptors (Lipinski definition) is 3. The Kier molecular flexibility index (Phi) is 6.02. The number of nitrogens with one attached hydrogen (secondary N) is 1. The van der Waals surface area contributed by atoms with Crippen molar-refractivity contribution in [2.75, 3.05) is 0 Å². The van der Waals surface area contributed by atoms with Crippen LogP contribution in [-0.4, -0.2) is 23.0 Å². The molecule has 19 heavy (non-hydrogen) atoms. The van der Waals surface area contributed by atoms with Crippen LogP contribution in [0.2, 0.25) is 0 Å². The first-order valence-electron chi connectivity index (χ1n) is 6.62. The maximum atomic E-state index is 12.0. The van der Waals surface area contributed by atoms with Crippen molar-refractivity contribution >= 4 is 23.2 Å². The van der Waals surface area contributed by atoms with Gasteiger partial charge in [0.2, 0.25) is 0 Å². The van der Waals surface area contributed by atoms with Gasteiger partial charge in [0.25, 0.3) is 5.91 Å². The van der Waals surface area contributed by atoms with Crippen LogP contribution < -0.4 is 5.32 Å². The van der Waals surface area contributed by atoms with E-state index in [2.05, 4.69) is 5.32 Å². The molecule has 5 heteroatoms. The third kappa shape index (κ3) is 4.35. The lowest BCUT2D eigenvalue weighted by Gasteiger charge is -2.13. The predicted molar refractivity (Wildman–Crippen MR) is 76.8 cm³/mol. The van der Waals surface area contributed by atoms with Gasteiger partial charge in [0.15, 0.2) is 0 Å². The number of carbonyl (C=O) groups is 2. The molecule has 1 atom stereocenters. The number of amides is 1. The number of aryl methyl sites for hydroxylation is 2. The smallest absolute Gasteiger partial charge is 0.326 e. The van der Waals surface area contributed by atoms with Crippen molar-refractivity contribution in [3.8, 4) is 0 Å². The molecule has 0 bridgehead atoms. The number of hydrogen-bond donors (Lipinski definition) is 2. The second kappa shape index (κ2) is 7.28. The highest BCUT2D eigenvalue weighted by Crippen LogP contribution is 2.22. The Morgan fingerprint density at radius 1 is 1.42 bits per heavy atom. The highest BCUT2D eigenvalue weighted by Gasteiger charge is 2.21. The zero-order valence-corrected chi connectivity index (χ0v) is 12.5. The number of carboxylic acid groups (broad SMARTS) is 1. The fourth-order valence-corrected chi connectivity index (χ4v) is 2.89. The number of unbranched alkanes of at least 4 members (excludes halogenated alkanes) is 1. The lowest BCUT2D eigenvalue weighted by molar-refractivity contribution is -0.139. The van der Waals surface area contributed by atoms with E-state index < -0.39 is 12.0 Å². The molecular weight excluding hydrogens is 262 g/mol. The van der Waals surface area contributed by atoms with E-state index in [9.17, 15) is 9.59 Å². The van der Waals surface area contributed by atoms with Gasteiger partial charge in [-0.1, -0.05) is 26.7 Å². The summed E-state index contributed by atoms with van der Waals surface area (Å²) in [7, 11) is 0. The first-order chi connectivity index (χ1) is 8.99. The summed E-state index contributed by atoms with van der Waals surface area (Å²) in [4.78, 5) is 24.8. The van der Waals surface area contributed by atoms with E-state index in [0.29, 0.717) is 11.3 Å². The van der Waals surface area contributed by atoms with E-state index in [1.807, 2.05) is 26.8 Å². The molecule has 0 aliphatic rings. The zero-order chi connectivity index (χ0) is 14.4. The summed E-state index contributed by atoms with van der Waals surface area (Å²) in [6.07, 6.45) is 3.06. The molecule has 0 spiro atoms. The van der Waals surface area contributed by atoms with E-state index in [-0.39, 0.29) is 5.91 Å². The molecule has 4 nitrogen and oxygen atoms in total. The fourth-order valence-electron chi connectivity index (χ4n) is 1.88. The van der Waals surface area contributed by atoms with Crippen LogP contribution in [0.5, 0.6) is 0 Å². The molecule has 0 saturated carbocycles. The van der Waals surface area contributed by atoms with Crippen LogP contribution in [0.1, 0.15) is 53.2 Å². The van der Waals surface area contributed by atoms with Crippen molar-refractivity contribution in [1.29, 1.82) is 0 Å². The molecule has 0 aromatic carbocycles. The molecule has 1 aromatic heterocycles. The quantitative estimate of drug-likeness (QED) is 0.808. The van der Waals surface area contributed by atoms with Crippen LogP contribution in [0, 0.1) is 6.92 Å². The molecule has 0 radical (unpaired) electrons. The molecule has 0 aliphatic heterocycles. The topological polar surface area (TPSA) is 66.4 Å². The Bertz CT molecular complexity index is 454. The first kappa shape index (κ1) is 15.7. The number of rotatable bonds is 7. The molecule has 106 valence electrons. The molecule has 2 N–H and O–H groups in total. The van der Waals surface area contributed by atoms with E-state index in [0.717, 1.165) is 29.7 Å². The number of aliphatic carboxylic acids is 1. The van der Waals surface area contributed by atoms with Crippen LogP contribution in [-0.2, 0) is 11.2 Å². The number of carbonyl (C=O) groups excluding carboxylic acids is 1. The standard InChI is InChI=1S/C14H21NO3S/c1-4-6-7-11(14(17)18)15-13(16)12-8-10(5-2)9(3)19-12/h8,11H,4-7H2,1-3H3,(H,15,16)(H,17,18). The van der Waals surface area contributed by atoms with Gasteiger partial charge >= 0.3 is 5.97 Å². The van der Waals surface area contributed by atoms with E-state index in [1.165, 1.54) is 11.3 Å². The number of thiophene rings is 1. The third-order valence-electron chi connectivity index (χ3n) is 3.08. The van der Waals surface area contributed by atoms with Gasteiger partial charge in [-0.05, 0) is 31.4 Å². The van der Waals surface area contributed by atoms with Crippen molar-refractivity contribution in [1.82, 2.24) is 5.32 Å². The van der Waals surface area contributed by atoms with Gasteiger partial charge in [0, 0.05) is 4.88 Å². The van der Waals surface area contributed by atoms with Crippen molar-refractivity contribution in [2.45, 2.75) is 52.5 Å². The molecule has 1 amide bonds. The molecule has 0 fully saturated rings. The molecular formula is C14H21NO3S. The largest absolute Gasteiger partial charge is 0.480 e. The van der Waals surface area contributed by atoms with Crippen LogP contribution in [0.15, 0.2) is 6.07 Å². The van der Waals surface area contributed by atoms with Gasteiger partial charge in [-0.3, -0.25) is 4.79 Å². The minimum Gasteiger partial charge on any atom is -0.480 e. The maximum Gasteiger partial charge on any atom is 0.326 e. The van der Waals surface area contributed by atoms with Gasteiger partial charge in [0.05, 0.1) is 4.88 Å². The summed E-state index contributed by atoms with van der Waals surface area (Å²) in [6, 6.07) is 1.06. The first-order valence-corrected chi connectivity index (χ1v) is 7.44. The lowest BCUT2D eigenvalue weighted by Crippen LogP contribution is -2.40. The molecule has 1 heterocycles. The fraction of sp³-hybridized carbons (Fsp3) is 0.571. The van der Waals surface area contributed by atoms with Gasteiger partial charge in [-0.15, -0.1) is 11.3 Å². The van der Waals surface area contributed by atoms with Gasteiger partial charge in [-0.25, -0.2) is 4.79 Å². The summed E-state index contributed by atoms with van der Waals surface area (Å²) in [6.45, 7) is 6.01. The van der Waals surface area contributed by atoms with Crippen molar-refractivity contribution in [3.63, 3.8) is 0 Å². The van der Waals surface area contributed by atoms with Gasteiger partial charge in [-0.2, -0.15) is 0 Å². The number of carboxylic acids is 1. The van der Waals surface area contributed by atoms with Crippen molar-refractivity contribution < 1.29 is 14.7 Å². The lowest BCUT2D eigenvalue weighted by atomic mass is 10.1. The molecule has 1 aromatic rings. The van der Waals surface area contributed by atoms with Crippen molar-refractivity contribution in [3.05, 3.63) is 21.4 Å². The van der Waals surface area contributed by atoms with E-state index in [4.69, 9.17) is 5.11 Å². The third-order valence-corrected chi connectivity index (χ3v) is 4.17. The summed E-state index contributed by atoms with van der Waals surface area (Å²) in [5.41, 5.74) is 1.15. The molecule has 1 unspecified atom stereocenters. The van der Waals surface area contributed by atoms with Gasteiger partial charge in [0.1, 0.15) is 6.04 Å². The predicted octanol–water partition coefficient (Wildman–Crippen LogP) is 2.99. The Morgan fingerprint density at radius 3 is 2.58 bits per heavy atom. The summed E-state index contributed by atoms with van der Waals surface area (Å²) in [5.74, 6) is -1.25. The monoisotopic (exact) mass is 283 g/mol. The molecule has 1 rings (SSSR count). The average molecular weight is 283 g/mol. The van der Waals surface area contributed by atoms with Crippen LogP contribution in [0.4, 0.5) is 0 Å². The minimum atomic E-state index is -0.967. The second-order valence-corrected chi connectivity index (χ2v) is 5.81. The summed E-state index contributed by atoms with van der Waals surface area (Å²) in [5, 5.41) is 11.7. The minimum absolute atomic E-state index is 0.281. The highest BCUT2D eigenvalue weighted by atomic mass is 32.1. The van der Waals surface area contributed by atoms with E-state index in [1.54, 1.807) is 0 Å². The Labute approximate surface area is 117 Å². The normalized spacial score (nSPS) is 12.2. The zero-order valence-electron chi connectivity index (χ0n) is 11.7. The van der Waals surface area contributed by atoms with Crippen LogP contribution >= 0.6 is 11.3 Å². The summed E-state index contributed by atoms with van der Waals surface area (Å²) >= 11 is 1.42. The Hall–Kier alpha value is -1.36. The van der Waals surface area contributed by atoms with Crippen LogP contribution in [0.3, 0.4) is 0 Å². The SMILES string of the molecule is CCCCC(NC(=O)c1cc(CC)c(C)s1)C(=O)O. The van der Waals surface area contributed by atoms with E-state index >= 15 is 0 Å². The average Bonchev–Trinajstić information content (AvgIpc) is 2.75. The van der Waals surface area contributed by atoms with Gasteiger partial charge < -0.3 is 10.4 Å². The summed E-state index contributed by atoms with van der Waals surface area (Å²) < 4.78 is 0.